The van der Waals surface area contributed by atoms with Gasteiger partial charge in [0.15, 0.2) is 0 Å². The van der Waals surface area contributed by atoms with E-state index in [1.54, 1.807) is 7.11 Å². The zero-order valence-corrected chi connectivity index (χ0v) is 18.6. The lowest BCUT2D eigenvalue weighted by molar-refractivity contribution is -0.125. The number of aromatic amines is 1. The number of H-pyrrole nitrogens is 1. The number of rotatable bonds is 6. The van der Waals surface area contributed by atoms with Crippen LogP contribution >= 0.6 is 0 Å². The molecule has 0 radical (unpaired) electrons. The molecular formula is C25H29N5O2. The maximum atomic E-state index is 12.9. The van der Waals surface area contributed by atoms with Crippen LogP contribution in [0.4, 0.5) is 5.95 Å². The van der Waals surface area contributed by atoms with E-state index in [4.69, 9.17) is 9.72 Å². The molecule has 32 heavy (non-hydrogen) atoms. The second kappa shape index (κ2) is 8.57. The van der Waals surface area contributed by atoms with Crippen molar-refractivity contribution in [1.29, 1.82) is 0 Å². The molecule has 4 aromatic rings. The number of carbonyl (C=O) groups excluding carboxylic acids is 1. The van der Waals surface area contributed by atoms with Crippen LogP contribution in [-0.2, 0) is 18.3 Å². The van der Waals surface area contributed by atoms with Gasteiger partial charge in [0.25, 0.3) is 0 Å². The van der Waals surface area contributed by atoms with E-state index in [-0.39, 0.29) is 11.8 Å². The monoisotopic (exact) mass is 431 g/mol. The summed E-state index contributed by atoms with van der Waals surface area (Å²) >= 11 is 0. The number of para-hydroxylation sites is 2. The zero-order chi connectivity index (χ0) is 22.1. The van der Waals surface area contributed by atoms with Crippen molar-refractivity contribution in [3.05, 3.63) is 54.2 Å². The molecule has 2 N–H and O–H groups in total. The van der Waals surface area contributed by atoms with Gasteiger partial charge in [-0.15, -0.1) is 0 Å². The van der Waals surface area contributed by atoms with Crippen molar-refractivity contribution in [2.75, 3.05) is 31.6 Å². The number of piperidine rings is 1. The number of imidazole rings is 1. The number of nitrogens with zero attached hydrogens (tertiary/aromatic N) is 3. The third-order valence-electron chi connectivity index (χ3n) is 6.51. The van der Waals surface area contributed by atoms with Gasteiger partial charge in [0, 0.05) is 43.8 Å². The number of carbonyl (C=O) groups is 1. The SMILES string of the molecule is COc1ccc2[nH]cc(CCNC(=O)[C@H]3CCCN(c4nc5ccccc5n4C)C3)c2c1. The van der Waals surface area contributed by atoms with E-state index < -0.39 is 0 Å². The molecule has 0 aliphatic carbocycles. The van der Waals surface area contributed by atoms with Crippen LogP contribution in [-0.4, -0.2) is 47.2 Å². The number of amides is 1. The average Bonchev–Trinajstić information content (AvgIpc) is 3.39. The summed E-state index contributed by atoms with van der Waals surface area (Å²) in [6.45, 7) is 2.25. The maximum Gasteiger partial charge on any atom is 0.224 e. The van der Waals surface area contributed by atoms with Gasteiger partial charge in [0.1, 0.15) is 5.75 Å². The van der Waals surface area contributed by atoms with Crippen LogP contribution in [0.3, 0.4) is 0 Å². The van der Waals surface area contributed by atoms with Crippen LogP contribution in [0.15, 0.2) is 48.7 Å². The van der Waals surface area contributed by atoms with Crippen molar-refractivity contribution >= 4 is 33.8 Å². The van der Waals surface area contributed by atoms with Gasteiger partial charge in [0.2, 0.25) is 11.9 Å². The molecule has 0 bridgehead atoms. The zero-order valence-electron chi connectivity index (χ0n) is 18.6. The van der Waals surface area contributed by atoms with Gasteiger partial charge < -0.3 is 24.5 Å². The fourth-order valence-corrected chi connectivity index (χ4v) is 4.74. The standard InChI is InChI=1S/C25H29N5O2/c1-29-23-8-4-3-7-22(23)28-25(29)30-13-5-6-18(16-30)24(31)26-12-11-17-15-27-21-10-9-19(32-2)14-20(17)21/h3-4,7-10,14-15,18,27H,5-6,11-13,16H2,1-2H3,(H,26,31)/t18-/m0/s1. The Kier molecular flexibility index (Phi) is 5.47. The minimum Gasteiger partial charge on any atom is -0.497 e. The predicted molar refractivity (Wildman–Crippen MR) is 127 cm³/mol. The van der Waals surface area contributed by atoms with E-state index in [0.717, 1.165) is 59.4 Å². The van der Waals surface area contributed by atoms with Crippen molar-refractivity contribution in [3.63, 3.8) is 0 Å². The Morgan fingerprint density at radius 1 is 1.28 bits per heavy atom. The molecule has 1 fully saturated rings. The third kappa shape index (κ3) is 3.79. The summed E-state index contributed by atoms with van der Waals surface area (Å²) in [5.74, 6) is 1.89. The van der Waals surface area contributed by atoms with E-state index in [2.05, 4.69) is 25.8 Å². The lowest BCUT2D eigenvalue weighted by Crippen LogP contribution is -2.44. The van der Waals surface area contributed by atoms with Crippen LogP contribution < -0.4 is 15.0 Å². The number of aryl methyl sites for hydroxylation is 1. The lowest BCUT2D eigenvalue weighted by Gasteiger charge is -2.32. The van der Waals surface area contributed by atoms with Gasteiger partial charge in [-0.1, -0.05) is 12.1 Å². The molecule has 0 unspecified atom stereocenters. The van der Waals surface area contributed by atoms with Crippen molar-refractivity contribution in [3.8, 4) is 5.75 Å². The molecule has 7 nitrogen and oxygen atoms in total. The highest BCUT2D eigenvalue weighted by Gasteiger charge is 2.28. The minimum absolute atomic E-state index is 0.0216. The Bertz CT molecular complexity index is 1260. The molecule has 7 heteroatoms. The number of fused-ring (bicyclic) bond motifs is 2. The molecule has 1 atom stereocenters. The highest BCUT2D eigenvalue weighted by Crippen LogP contribution is 2.26. The number of anilines is 1. The minimum atomic E-state index is -0.0216. The number of hydrogen-bond acceptors (Lipinski definition) is 4. The van der Waals surface area contributed by atoms with Crippen LogP contribution in [0.25, 0.3) is 21.9 Å². The van der Waals surface area contributed by atoms with Crippen molar-refractivity contribution in [2.24, 2.45) is 13.0 Å². The molecule has 1 aliphatic rings. The fraction of sp³-hybridized carbons (Fsp3) is 0.360. The number of ether oxygens (including phenoxy) is 1. The van der Waals surface area contributed by atoms with Gasteiger partial charge in [-0.25, -0.2) is 4.98 Å². The Hall–Kier alpha value is -3.48. The Balaban J connectivity index is 1.22. The summed E-state index contributed by atoms with van der Waals surface area (Å²) in [5, 5.41) is 4.30. The Morgan fingerprint density at radius 2 is 2.16 bits per heavy atom. The average molecular weight is 432 g/mol. The number of aromatic nitrogens is 3. The molecule has 2 aromatic heterocycles. The third-order valence-corrected chi connectivity index (χ3v) is 6.51. The molecule has 1 saturated heterocycles. The van der Waals surface area contributed by atoms with Gasteiger partial charge in [-0.3, -0.25) is 4.79 Å². The van der Waals surface area contributed by atoms with Gasteiger partial charge in [-0.2, -0.15) is 0 Å². The molecule has 1 aliphatic heterocycles. The maximum absolute atomic E-state index is 12.9. The molecule has 2 aromatic carbocycles. The Morgan fingerprint density at radius 3 is 3.00 bits per heavy atom. The number of methoxy groups -OCH3 is 1. The second-order valence-corrected chi connectivity index (χ2v) is 8.51. The lowest BCUT2D eigenvalue weighted by atomic mass is 9.97. The van der Waals surface area contributed by atoms with Crippen LogP contribution in [0, 0.1) is 5.92 Å². The number of hydrogen-bond donors (Lipinski definition) is 2. The highest BCUT2D eigenvalue weighted by atomic mass is 16.5. The predicted octanol–water partition coefficient (Wildman–Crippen LogP) is 3.64. The van der Waals surface area contributed by atoms with E-state index in [1.165, 1.54) is 5.56 Å². The molecule has 0 spiro atoms. The van der Waals surface area contributed by atoms with Gasteiger partial charge >= 0.3 is 0 Å². The van der Waals surface area contributed by atoms with Gasteiger partial charge in [0.05, 0.1) is 24.1 Å². The largest absolute Gasteiger partial charge is 0.497 e. The smallest absolute Gasteiger partial charge is 0.224 e. The fourth-order valence-electron chi connectivity index (χ4n) is 4.74. The second-order valence-electron chi connectivity index (χ2n) is 8.51. The first-order valence-corrected chi connectivity index (χ1v) is 11.2. The number of nitrogens with one attached hydrogen (secondary N) is 2. The summed E-state index contributed by atoms with van der Waals surface area (Å²) in [6, 6.07) is 14.2. The first-order valence-electron chi connectivity index (χ1n) is 11.2. The number of benzene rings is 2. The van der Waals surface area contributed by atoms with Crippen molar-refractivity contribution < 1.29 is 9.53 Å². The summed E-state index contributed by atoms with van der Waals surface area (Å²) in [7, 11) is 3.72. The van der Waals surface area contributed by atoms with E-state index in [1.807, 2.05) is 49.6 Å². The summed E-state index contributed by atoms with van der Waals surface area (Å²) < 4.78 is 7.47. The normalized spacial score (nSPS) is 16.6. The van der Waals surface area contributed by atoms with Crippen LogP contribution in [0.1, 0.15) is 18.4 Å². The first-order chi connectivity index (χ1) is 15.6. The van der Waals surface area contributed by atoms with Crippen LogP contribution in [0.5, 0.6) is 5.75 Å². The first kappa shape index (κ1) is 20.4. The molecular weight excluding hydrogens is 402 g/mol. The molecule has 5 rings (SSSR count). The topological polar surface area (TPSA) is 75.2 Å². The molecule has 1 amide bonds. The molecule has 3 heterocycles. The van der Waals surface area contributed by atoms with E-state index in [0.29, 0.717) is 13.1 Å². The quantitative estimate of drug-likeness (QED) is 0.489. The van der Waals surface area contributed by atoms with Crippen molar-refractivity contribution in [2.45, 2.75) is 19.3 Å². The Labute approximate surface area is 187 Å². The van der Waals surface area contributed by atoms with E-state index >= 15 is 0 Å². The molecule has 166 valence electrons. The summed E-state index contributed by atoms with van der Waals surface area (Å²) in [4.78, 5) is 23.3. The highest BCUT2D eigenvalue weighted by molar-refractivity contribution is 5.85. The van der Waals surface area contributed by atoms with Crippen molar-refractivity contribution in [1.82, 2.24) is 19.9 Å². The van der Waals surface area contributed by atoms with Gasteiger partial charge in [-0.05, 0) is 55.2 Å². The van der Waals surface area contributed by atoms with E-state index in [9.17, 15) is 4.79 Å². The summed E-state index contributed by atoms with van der Waals surface area (Å²) in [5.41, 5.74) is 4.37. The van der Waals surface area contributed by atoms with Crippen LogP contribution in [0.2, 0.25) is 0 Å². The molecule has 0 saturated carbocycles. The summed E-state index contributed by atoms with van der Waals surface area (Å²) in [6.07, 6.45) is 4.70.